The number of nitrogens with one attached hydrogen (secondary N) is 3. The number of imidazole rings is 2. The lowest BCUT2D eigenvalue weighted by atomic mass is 10.3. The lowest BCUT2D eigenvalue weighted by Gasteiger charge is -2.05. The monoisotopic (exact) mass is 327 g/mol. The third-order valence-corrected chi connectivity index (χ3v) is 3.68. The predicted molar refractivity (Wildman–Crippen MR) is 94.4 cm³/mol. The van der Waals surface area contributed by atoms with Gasteiger partial charge in [-0.15, -0.1) is 0 Å². The van der Waals surface area contributed by atoms with Crippen LogP contribution in [0.2, 0.25) is 0 Å². The molecule has 3 rings (SSSR count). The van der Waals surface area contributed by atoms with E-state index in [0.717, 1.165) is 6.42 Å². The van der Waals surface area contributed by atoms with Crippen molar-refractivity contribution in [1.82, 2.24) is 29.2 Å². The van der Waals surface area contributed by atoms with E-state index in [9.17, 15) is 4.79 Å². The quantitative estimate of drug-likeness (QED) is 0.600. The van der Waals surface area contributed by atoms with E-state index in [2.05, 4.69) is 20.3 Å². The molecule has 0 amide bonds. The van der Waals surface area contributed by atoms with Gasteiger partial charge >= 0.3 is 0 Å². The summed E-state index contributed by atoms with van der Waals surface area (Å²) < 4.78 is 3.44. The molecule has 0 aliphatic carbocycles. The van der Waals surface area contributed by atoms with Crippen molar-refractivity contribution in [3.05, 3.63) is 34.8 Å². The molecule has 24 heavy (non-hydrogen) atoms. The number of aryl methyl sites for hydroxylation is 1. The topological polar surface area (TPSA) is 104 Å². The predicted octanol–water partition coefficient (Wildman–Crippen LogP) is 1.77. The van der Waals surface area contributed by atoms with Gasteiger partial charge in [-0.25, -0.2) is 9.97 Å². The largest absolute Gasteiger partial charge is 0.388 e. The number of aromatic nitrogens is 5. The molecule has 0 aliphatic rings. The van der Waals surface area contributed by atoms with E-state index in [-0.39, 0.29) is 11.6 Å². The Kier molecular flexibility index (Phi) is 4.20. The van der Waals surface area contributed by atoms with Gasteiger partial charge in [0, 0.05) is 37.4 Å². The first-order valence-electron chi connectivity index (χ1n) is 7.99. The first-order chi connectivity index (χ1) is 11.6. The number of nitrogens with zero attached hydrogens (tertiary/aromatic N) is 4. The van der Waals surface area contributed by atoms with Crippen LogP contribution in [0, 0.1) is 5.41 Å². The average Bonchev–Trinajstić information content (AvgIpc) is 3.18. The molecule has 0 aromatic carbocycles. The fourth-order valence-electron chi connectivity index (χ4n) is 2.57. The summed E-state index contributed by atoms with van der Waals surface area (Å²) in [6.45, 7) is 6.62. The normalized spacial score (nSPS) is 12.4. The van der Waals surface area contributed by atoms with Gasteiger partial charge in [0.15, 0.2) is 11.2 Å². The van der Waals surface area contributed by atoms with Crippen LogP contribution in [0.15, 0.2) is 23.4 Å². The fourth-order valence-corrected chi connectivity index (χ4v) is 2.57. The molecule has 0 saturated carbocycles. The fraction of sp³-hybridized carbons (Fsp3) is 0.375. The number of H-pyrrole nitrogens is 1. The molecule has 3 heterocycles. The van der Waals surface area contributed by atoms with Gasteiger partial charge in [-0.1, -0.05) is 6.92 Å². The van der Waals surface area contributed by atoms with Crippen molar-refractivity contribution >= 4 is 28.7 Å². The first-order valence-corrected chi connectivity index (χ1v) is 7.99. The number of hydrogen-bond donors (Lipinski definition) is 3. The minimum atomic E-state index is -0.148. The zero-order valence-electron chi connectivity index (χ0n) is 14.0. The summed E-state index contributed by atoms with van der Waals surface area (Å²) in [6, 6.07) is 0.242. The smallest absolute Gasteiger partial charge is 0.280 e. The van der Waals surface area contributed by atoms with Crippen molar-refractivity contribution in [2.75, 3.05) is 0 Å². The Bertz CT molecular complexity index is 974. The molecule has 126 valence electrons. The molecule has 8 heteroatoms. The van der Waals surface area contributed by atoms with Crippen LogP contribution in [0.1, 0.15) is 33.0 Å². The van der Waals surface area contributed by atoms with E-state index in [1.165, 1.54) is 6.21 Å². The summed E-state index contributed by atoms with van der Waals surface area (Å²) in [4.78, 5) is 24.6. The maximum atomic E-state index is 12.8. The van der Waals surface area contributed by atoms with Crippen LogP contribution < -0.4 is 10.9 Å². The Morgan fingerprint density at radius 1 is 1.50 bits per heavy atom. The minimum absolute atomic E-state index is 0.148. The van der Waals surface area contributed by atoms with Crippen LogP contribution in [-0.4, -0.2) is 36.2 Å². The molecule has 3 aromatic heterocycles. The molecule has 0 aliphatic heterocycles. The Balaban J connectivity index is 2.24. The summed E-state index contributed by atoms with van der Waals surface area (Å²) in [6.07, 6.45) is 7.21. The number of rotatable bonds is 6. The zero-order valence-corrected chi connectivity index (χ0v) is 14.0. The maximum Gasteiger partial charge on any atom is 0.280 e. The van der Waals surface area contributed by atoms with Crippen molar-refractivity contribution in [3.63, 3.8) is 0 Å². The van der Waals surface area contributed by atoms with Gasteiger partial charge in [-0.2, -0.15) is 0 Å². The van der Waals surface area contributed by atoms with Crippen LogP contribution in [0.4, 0.5) is 0 Å². The highest BCUT2D eigenvalue weighted by atomic mass is 16.1. The van der Waals surface area contributed by atoms with Crippen molar-refractivity contribution in [3.8, 4) is 0 Å². The van der Waals surface area contributed by atoms with E-state index in [4.69, 9.17) is 5.41 Å². The van der Waals surface area contributed by atoms with E-state index in [1.54, 1.807) is 27.6 Å². The summed E-state index contributed by atoms with van der Waals surface area (Å²) in [7, 11) is 0. The number of hydrogen-bond acceptors (Lipinski definition) is 5. The highest BCUT2D eigenvalue weighted by molar-refractivity contribution is 6.07. The molecule has 0 saturated heterocycles. The second kappa shape index (κ2) is 6.31. The molecule has 8 nitrogen and oxygen atoms in total. The van der Waals surface area contributed by atoms with Crippen molar-refractivity contribution in [2.24, 2.45) is 0 Å². The summed E-state index contributed by atoms with van der Waals surface area (Å²) in [5.41, 5.74) is 1.37. The highest BCUT2D eigenvalue weighted by Gasteiger charge is 2.16. The van der Waals surface area contributed by atoms with Crippen LogP contribution in [-0.2, 0) is 6.54 Å². The minimum Gasteiger partial charge on any atom is -0.388 e. The van der Waals surface area contributed by atoms with Gasteiger partial charge in [0.05, 0.1) is 5.57 Å². The third-order valence-electron chi connectivity index (χ3n) is 3.68. The molecule has 0 fully saturated rings. The van der Waals surface area contributed by atoms with Gasteiger partial charge in [-0.05, 0) is 20.3 Å². The summed E-state index contributed by atoms with van der Waals surface area (Å²) in [5.74, 6) is 1.06. The van der Waals surface area contributed by atoms with Crippen LogP contribution in [0.25, 0.3) is 22.5 Å². The summed E-state index contributed by atoms with van der Waals surface area (Å²) in [5, 5.41) is 10.8. The second-order valence-corrected chi connectivity index (χ2v) is 5.90. The van der Waals surface area contributed by atoms with Crippen LogP contribution in [0.3, 0.4) is 0 Å². The van der Waals surface area contributed by atoms with Crippen molar-refractivity contribution < 1.29 is 0 Å². The second-order valence-electron chi connectivity index (χ2n) is 5.90. The molecule has 3 N–H and O–H groups in total. The van der Waals surface area contributed by atoms with Crippen molar-refractivity contribution in [1.29, 1.82) is 5.41 Å². The molecule has 3 aromatic rings. The molecular weight excluding hydrogens is 306 g/mol. The third kappa shape index (κ3) is 2.60. The number of fused-ring (bicyclic) bond motifs is 3. The van der Waals surface area contributed by atoms with Crippen LogP contribution >= 0.6 is 0 Å². The van der Waals surface area contributed by atoms with Crippen LogP contribution in [0.5, 0.6) is 0 Å². The van der Waals surface area contributed by atoms with Gasteiger partial charge < -0.3 is 15.7 Å². The molecule has 0 atom stereocenters. The van der Waals surface area contributed by atoms with E-state index in [0.29, 0.717) is 34.9 Å². The van der Waals surface area contributed by atoms with Gasteiger partial charge in [0.1, 0.15) is 5.82 Å². The Morgan fingerprint density at radius 2 is 2.29 bits per heavy atom. The van der Waals surface area contributed by atoms with Gasteiger partial charge in [0.25, 0.3) is 5.56 Å². The molecular formula is C16H21N7O. The lowest BCUT2D eigenvalue weighted by molar-refractivity contribution is 0.663. The Hall–Kier alpha value is -2.90. The number of allylic oxidation sites excluding steroid dienone is 1. The maximum absolute atomic E-state index is 12.8. The molecule has 0 unspecified atom stereocenters. The summed E-state index contributed by atoms with van der Waals surface area (Å²) >= 11 is 0. The lowest BCUT2D eigenvalue weighted by Crippen LogP contribution is -2.23. The first kappa shape index (κ1) is 16.0. The zero-order chi connectivity index (χ0) is 17.3. The van der Waals surface area contributed by atoms with Gasteiger partial charge in [-0.3, -0.25) is 13.8 Å². The standard InChI is InChI=1S/C16H21N7O/c1-4-6-23-15(24)12-14(22-7-5-18-16(22)23)21-13(20-12)11(8-17)9-19-10(2)3/h5,7-10,17,19H,4,6H2,1-3H3,(H,20,21)/b11-9+,17-8?. The molecule has 0 bridgehead atoms. The van der Waals surface area contributed by atoms with E-state index < -0.39 is 0 Å². The highest BCUT2D eigenvalue weighted by Crippen LogP contribution is 2.15. The number of aromatic amines is 1. The Morgan fingerprint density at radius 3 is 2.96 bits per heavy atom. The van der Waals surface area contributed by atoms with Crippen molar-refractivity contribution in [2.45, 2.75) is 39.8 Å². The van der Waals surface area contributed by atoms with E-state index >= 15 is 0 Å². The molecule has 0 radical (unpaired) electrons. The van der Waals surface area contributed by atoms with Gasteiger partial charge in [0.2, 0.25) is 5.78 Å². The SMILES string of the molecule is CCCn1c(=O)c2[nH]c(/C(C=N)=C/NC(C)C)nc2n2ccnc12. The average molecular weight is 327 g/mol. The molecule has 0 spiro atoms. The van der Waals surface area contributed by atoms with E-state index in [1.807, 2.05) is 20.8 Å². The Labute approximate surface area is 138 Å².